The van der Waals surface area contributed by atoms with Gasteiger partial charge in [-0.15, -0.1) is 0 Å². The molecule has 8 nitrogen and oxygen atoms in total. The first kappa shape index (κ1) is 23.7. The van der Waals surface area contributed by atoms with Gasteiger partial charge in [0.05, 0.1) is 23.2 Å². The maximum Gasteiger partial charge on any atom is 0.311 e. The number of ether oxygens (including phenoxy) is 2. The molecule has 5 rings (SSSR count). The van der Waals surface area contributed by atoms with E-state index in [4.69, 9.17) is 32.7 Å². The zero-order chi connectivity index (χ0) is 25.2. The Labute approximate surface area is 216 Å². The van der Waals surface area contributed by atoms with Crippen molar-refractivity contribution in [2.45, 2.75) is 12.3 Å². The highest BCUT2D eigenvalue weighted by Crippen LogP contribution is 2.41. The molecule has 2 N–H and O–H groups in total. The molecule has 1 unspecified atom stereocenters. The number of carbonyl (C=O) groups excluding carboxylic acids is 1. The number of rotatable bonds is 6. The molecular formula is C26H19Cl2N3O5. The maximum atomic E-state index is 12.7. The van der Waals surface area contributed by atoms with Crippen LogP contribution in [0.1, 0.15) is 28.3 Å². The molecule has 0 saturated heterocycles. The number of aromatic nitrogens is 2. The number of carboxylic acids is 1. The average molecular weight is 524 g/mol. The van der Waals surface area contributed by atoms with Gasteiger partial charge in [-0.25, -0.2) is 4.68 Å². The van der Waals surface area contributed by atoms with Gasteiger partial charge in [-0.1, -0.05) is 23.2 Å². The highest BCUT2D eigenvalue weighted by molar-refractivity contribution is 6.32. The van der Waals surface area contributed by atoms with Crippen LogP contribution in [0.25, 0.3) is 5.69 Å². The fraction of sp³-hybridized carbons (Fsp3) is 0.115. The molecule has 1 amide bonds. The summed E-state index contributed by atoms with van der Waals surface area (Å²) >= 11 is 12.3. The molecule has 0 bridgehead atoms. The molecule has 1 aliphatic rings. The van der Waals surface area contributed by atoms with Crippen molar-refractivity contribution < 1.29 is 24.2 Å². The first-order valence-corrected chi connectivity index (χ1v) is 11.7. The summed E-state index contributed by atoms with van der Waals surface area (Å²) in [5, 5.41) is 17.5. The second kappa shape index (κ2) is 9.93. The Bertz CT molecular complexity index is 1440. The van der Waals surface area contributed by atoms with Gasteiger partial charge in [-0.2, -0.15) is 5.10 Å². The van der Waals surface area contributed by atoms with Gasteiger partial charge in [0.2, 0.25) is 0 Å². The second-order valence-electron chi connectivity index (χ2n) is 8.05. The summed E-state index contributed by atoms with van der Waals surface area (Å²) in [5.74, 6) is -0.316. The van der Waals surface area contributed by atoms with Crippen molar-refractivity contribution in [3.63, 3.8) is 0 Å². The second-order valence-corrected chi connectivity index (χ2v) is 8.89. The SMILES string of the molecule is O=C(Nc1ccn(-c2ccc(Cl)cc2)n1)c1ccc(Oc2cc3c(cc2Cl)C(C(=O)O)CCO3)cc1. The monoisotopic (exact) mass is 523 g/mol. The van der Waals surface area contributed by atoms with Crippen LogP contribution in [-0.2, 0) is 4.79 Å². The Hall–Kier alpha value is -4.01. The summed E-state index contributed by atoms with van der Waals surface area (Å²) in [6, 6.07) is 18.5. The summed E-state index contributed by atoms with van der Waals surface area (Å²) in [5.41, 5.74) is 1.75. The van der Waals surface area contributed by atoms with E-state index in [0.717, 1.165) is 5.69 Å². The summed E-state index contributed by atoms with van der Waals surface area (Å²) < 4.78 is 13.1. The molecule has 3 aromatic carbocycles. The summed E-state index contributed by atoms with van der Waals surface area (Å²) in [7, 11) is 0. The number of aliphatic carboxylic acids is 1. The van der Waals surface area contributed by atoms with Crippen molar-refractivity contribution in [2.24, 2.45) is 0 Å². The van der Waals surface area contributed by atoms with E-state index in [9.17, 15) is 14.7 Å². The summed E-state index contributed by atoms with van der Waals surface area (Å²) in [6.45, 7) is 0.298. The van der Waals surface area contributed by atoms with E-state index in [0.29, 0.717) is 52.2 Å². The average Bonchev–Trinajstić information content (AvgIpc) is 3.33. The molecule has 0 fully saturated rings. The Morgan fingerprint density at radius 3 is 2.53 bits per heavy atom. The minimum absolute atomic E-state index is 0.267. The van der Waals surface area contributed by atoms with Gasteiger partial charge in [0.25, 0.3) is 5.91 Å². The van der Waals surface area contributed by atoms with Gasteiger partial charge < -0.3 is 19.9 Å². The highest BCUT2D eigenvalue weighted by atomic mass is 35.5. The van der Waals surface area contributed by atoms with Gasteiger partial charge >= 0.3 is 5.97 Å². The number of carbonyl (C=O) groups is 2. The van der Waals surface area contributed by atoms with Crippen LogP contribution in [0.15, 0.2) is 72.9 Å². The maximum absolute atomic E-state index is 12.7. The first-order chi connectivity index (χ1) is 17.4. The lowest BCUT2D eigenvalue weighted by Gasteiger charge is -2.24. The third kappa shape index (κ3) is 5.00. The van der Waals surface area contributed by atoms with Gasteiger partial charge in [-0.3, -0.25) is 9.59 Å². The normalized spacial score (nSPS) is 14.4. The third-order valence-electron chi connectivity index (χ3n) is 5.67. The number of carboxylic acid groups (broad SMARTS) is 1. The fourth-order valence-electron chi connectivity index (χ4n) is 3.84. The lowest BCUT2D eigenvalue weighted by molar-refractivity contribution is -0.139. The van der Waals surface area contributed by atoms with Crippen molar-refractivity contribution in [3.05, 3.63) is 94.1 Å². The molecule has 10 heteroatoms. The van der Waals surface area contributed by atoms with Crippen molar-refractivity contribution in [3.8, 4) is 22.9 Å². The minimum Gasteiger partial charge on any atom is -0.493 e. The smallest absolute Gasteiger partial charge is 0.311 e. The summed E-state index contributed by atoms with van der Waals surface area (Å²) in [4.78, 5) is 24.2. The van der Waals surface area contributed by atoms with E-state index in [2.05, 4.69) is 10.4 Å². The Morgan fingerprint density at radius 2 is 1.81 bits per heavy atom. The molecule has 2 heterocycles. The van der Waals surface area contributed by atoms with Crippen molar-refractivity contribution in [1.29, 1.82) is 0 Å². The van der Waals surface area contributed by atoms with Crippen molar-refractivity contribution in [2.75, 3.05) is 11.9 Å². The number of nitrogens with one attached hydrogen (secondary N) is 1. The van der Waals surface area contributed by atoms with Crippen LogP contribution >= 0.6 is 23.2 Å². The van der Waals surface area contributed by atoms with Crippen LogP contribution in [0.4, 0.5) is 5.82 Å². The zero-order valence-corrected chi connectivity index (χ0v) is 20.2. The number of hydrogen-bond donors (Lipinski definition) is 2. The van der Waals surface area contributed by atoms with Gasteiger partial charge in [0, 0.05) is 34.5 Å². The van der Waals surface area contributed by atoms with E-state index < -0.39 is 11.9 Å². The Morgan fingerprint density at radius 1 is 1.06 bits per heavy atom. The lowest BCUT2D eigenvalue weighted by Crippen LogP contribution is -2.20. The van der Waals surface area contributed by atoms with Crippen LogP contribution in [-0.4, -0.2) is 33.4 Å². The molecule has 0 spiro atoms. The van der Waals surface area contributed by atoms with Gasteiger partial charge in [-0.05, 0) is 61.0 Å². The standard InChI is InChI=1S/C26H19Cl2N3O5/c27-16-3-5-17(6-4-16)31-11-9-24(30-31)29-25(32)15-1-7-18(8-2-15)36-23-14-22-20(13-21(23)28)19(26(33)34)10-12-35-22/h1-9,11,13-14,19H,10,12H2,(H,33,34)(H,29,30,32). The highest BCUT2D eigenvalue weighted by Gasteiger charge is 2.29. The minimum atomic E-state index is -0.921. The van der Waals surface area contributed by atoms with Crippen LogP contribution < -0.4 is 14.8 Å². The number of benzene rings is 3. The van der Waals surface area contributed by atoms with E-state index in [1.54, 1.807) is 65.5 Å². The number of hydrogen-bond acceptors (Lipinski definition) is 5. The summed E-state index contributed by atoms with van der Waals surface area (Å²) in [6.07, 6.45) is 2.12. The van der Waals surface area contributed by atoms with Crippen LogP contribution in [0.5, 0.6) is 17.2 Å². The number of halogens is 2. The van der Waals surface area contributed by atoms with Gasteiger partial charge in [0.1, 0.15) is 17.2 Å². The van der Waals surface area contributed by atoms with Crippen molar-refractivity contribution >= 4 is 40.9 Å². The Kier molecular flexibility index (Phi) is 6.54. The third-order valence-corrected chi connectivity index (χ3v) is 6.22. The van der Waals surface area contributed by atoms with E-state index in [1.807, 2.05) is 12.1 Å². The van der Waals surface area contributed by atoms with E-state index >= 15 is 0 Å². The van der Waals surface area contributed by atoms with E-state index in [-0.39, 0.29) is 10.9 Å². The number of amides is 1. The molecule has 1 aliphatic heterocycles. The topological polar surface area (TPSA) is 103 Å². The zero-order valence-electron chi connectivity index (χ0n) is 18.7. The molecule has 182 valence electrons. The predicted octanol–water partition coefficient (Wildman–Crippen LogP) is 6.17. The molecule has 0 aliphatic carbocycles. The van der Waals surface area contributed by atoms with Crippen LogP contribution in [0, 0.1) is 0 Å². The fourth-order valence-corrected chi connectivity index (χ4v) is 4.18. The van der Waals surface area contributed by atoms with Gasteiger partial charge in [0.15, 0.2) is 5.82 Å². The molecule has 1 aromatic heterocycles. The number of nitrogens with zero attached hydrogens (tertiary/aromatic N) is 2. The van der Waals surface area contributed by atoms with E-state index in [1.165, 1.54) is 0 Å². The van der Waals surface area contributed by atoms with Crippen LogP contribution in [0.3, 0.4) is 0 Å². The van der Waals surface area contributed by atoms with Crippen molar-refractivity contribution in [1.82, 2.24) is 9.78 Å². The number of fused-ring (bicyclic) bond motifs is 1. The Balaban J connectivity index is 1.26. The van der Waals surface area contributed by atoms with Crippen LogP contribution in [0.2, 0.25) is 10.0 Å². The molecule has 4 aromatic rings. The lowest BCUT2D eigenvalue weighted by atomic mass is 9.93. The molecule has 0 saturated carbocycles. The molecule has 1 atom stereocenters. The first-order valence-electron chi connectivity index (χ1n) is 11.0. The largest absolute Gasteiger partial charge is 0.493 e. The molecular weight excluding hydrogens is 505 g/mol. The molecule has 36 heavy (non-hydrogen) atoms. The number of anilines is 1. The quantitative estimate of drug-likeness (QED) is 0.313. The molecule has 0 radical (unpaired) electrons. The predicted molar refractivity (Wildman–Crippen MR) is 135 cm³/mol.